The number of hydrogen-bond acceptors (Lipinski definition) is 8. The van der Waals surface area contributed by atoms with Crippen molar-refractivity contribution in [3.8, 4) is 0 Å². The minimum absolute atomic E-state index is 0.0622. The quantitative estimate of drug-likeness (QED) is 0.303. The van der Waals surface area contributed by atoms with Crippen LogP contribution in [0, 0.1) is 0 Å². The van der Waals surface area contributed by atoms with Gasteiger partial charge in [-0.05, 0) is 50.3 Å². The predicted molar refractivity (Wildman–Crippen MR) is 119 cm³/mol. The van der Waals surface area contributed by atoms with Gasteiger partial charge in [-0.3, -0.25) is 14.4 Å². The van der Waals surface area contributed by atoms with Crippen LogP contribution in [-0.2, 0) is 74.1 Å². The Morgan fingerprint density at radius 2 is 1.48 bits per heavy atom. The third-order valence-electron chi connectivity index (χ3n) is 1.73. The van der Waals surface area contributed by atoms with Gasteiger partial charge < -0.3 is 20.9 Å². The average Bonchev–Trinajstić information content (AvgIpc) is 2.59. The highest BCUT2D eigenvalue weighted by atomic mass is 33.3. The number of rotatable bonds is 7. The Morgan fingerprint density at radius 3 is 1.80 bits per heavy atom. The molecule has 0 radical (unpaired) electrons. The maximum atomic E-state index is 10.4. The van der Waals surface area contributed by atoms with Gasteiger partial charge in [0.15, 0.2) is 0 Å². The van der Waals surface area contributed by atoms with E-state index in [4.69, 9.17) is 11.5 Å². The lowest BCUT2D eigenvalue weighted by atomic mass is 10.3. The summed E-state index contributed by atoms with van der Waals surface area (Å²) in [6.45, 7) is 0. The molecular formula is C10H18N2O5P2S6. The van der Waals surface area contributed by atoms with Gasteiger partial charge in [-0.1, -0.05) is 12.2 Å². The van der Waals surface area contributed by atoms with Crippen molar-refractivity contribution in [2.24, 2.45) is 11.5 Å². The third-order valence-corrected chi connectivity index (χ3v) is 11.9. The molecule has 0 aromatic heterocycles. The summed E-state index contributed by atoms with van der Waals surface area (Å²) in [5.74, 6) is -1.17. The molecule has 0 heterocycles. The number of thiocarbonyl (C=S) groups is 1. The van der Waals surface area contributed by atoms with E-state index in [9.17, 15) is 14.4 Å². The van der Waals surface area contributed by atoms with E-state index >= 15 is 0 Å². The van der Waals surface area contributed by atoms with Crippen LogP contribution < -0.4 is 11.5 Å². The second-order valence-electron chi connectivity index (χ2n) is 3.46. The first-order chi connectivity index (χ1) is 11.7. The van der Waals surface area contributed by atoms with Crippen molar-refractivity contribution in [1.29, 1.82) is 0 Å². The van der Waals surface area contributed by atoms with Crippen molar-refractivity contribution >= 4 is 99.4 Å². The molecule has 0 aliphatic rings. The Hall–Kier alpha value is -0.000000000000000167. The normalized spacial score (nSPS) is 8.56. The van der Waals surface area contributed by atoms with Crippen molar-refractivity contribution in [2.45, 2.75) is 25.7 Å². The summed E-state index contributed by atoms with van der Waals surface area (Å²) in [6.07, 6.45) is 0.854. The molecule has 4 N–H and O–H groups in total. The van der Waals surface area contributed by atoms with E-state index < -0.39 is 11.9 Å². The molecular weight excluding hydrogens is 482 g/mol. The summed E-state index contributed by atoms with van der Waals surface area (Å²) in [6, 6.07) is 0. The summed E-state index contributed by atoms with van der Waals surface area (Å²) in [5.41, 5.74) is 9.87. The van der Waals surface area contributed by atoms with Crippen LogP contribution >= 0.6 is 26.3 Å². The third kappa shape index (κ3) is 35.9. The van der Waals surface area contributed by atoms with E-state index in [1.807, 2.05) is 0 Å². The Kier molecular flexibility index (Phi) is 28.6. The van der Waals surface area contributed by atoms with Gasteiger partial charge in [-0.2, -0.15) is 0 Å². The van der Waals surface area contributed by atoms with E-state index in [-0.39, 0.29) is 25.2 Å². The van der Waals surface area contributed by atoms with Crippen molar-refractivity contribution in [3.63, 3.8) is 0 Å². The molecule has 0 atom stereocenters. The number of nitrogens with two attached hydrogens (primary N) is 2. The number of esters is 2. The fourth-order valence-electron chi connectivity index (χ4n) is 0.694. The summed E-state index contributed by atoms with van der Waals surface area (Å²) < 4.78 is 8.60. The molecule has 15 heteroatoms. The first-order valence-electron chi connectivity index (χ1n) is 6.10. The van der Waals surface area contributed by atoms with Gasteiger partial charge in [0.2, 0.25) is 5.91 Å². The van der Waals surface area contributed by atoms with Crippen LogP contribution in [0.4, 0.5) is 0 Å². The van der Waals surface area contributed by atoms with Gasteiger partial charge in [-0.25, -0.2) is 0 Å². The van der Waals surface area contributed by atoms with Crippen LogP contribution in [0.2, 0.25) is 0 Å². The highest BCUT2D eigenvalue weighted by Gasteiger charge is 2.01. The second kappa shape index (κ2) is 24.0. The molecule has 0 fully saturated rings. The van der Waals surface area contributed by atoms with Crippen molar-refractivity contribution in [3.05, 3.63) is 0 Å². The molecule has 0 rings (SSSR count). The SMILES string of the molecule is COC(=O)CCC(N)=O.COC(=O)CCC(N)=S.S=PP=S=S=S=S. The predicted octanol–water partition coefficient (Wildman–Crippen LogP) is 1.36. The number of primary amides is 1. The van der Waals surface area contributed by atoms with E-state index in [2.05, 4.69) is 44.7 Å². The highest BCUT2D eigenvalue weighted by Crippen LogP contribution is 2.12. The number of carbonyl (C=O) groups excluding carboxylic acids is 3. The summed E-state index contributed by atoms with van der Waals surface area (Å²) >= 11 is 13.8. The summed E-state index contributed by atoms with van der Waals surface area (Å²) in [7, 11) is 9.43. The van der Waals surface area contributed by atoms with Crippen LogP contribution in [-0.4, -0.2) is 37.1 Å². The van der Waals surface area contributed by atoms with Gasteiger partial charge in [0.25, 0.3) is 0 Å². The Morgan fingerprint density at radius 1 is 1.00 bits per heavy atom. The molecule has 0 aliphatic heterocycles. The molecule has 1 amide bonds. The Bertz CT molecular complexity index is 556. The van der Waals surface area contributed by atoms with E-state index in [0.29, 0.717) is 11.4 Å². The maximum Gasteiger partial charge on any atom is 0.306 e. The van der Waals surface area contributed by atoms with E-state index in [1.54, 1.807) is 18.4 Å². The zero-order valence-electron chi connectivity index (χ0n) is 13.4. The highest BCUT2D eigenvalue weighted by molar-refractivity contribution is 8.63. The van der Waals surface area contributed by atoms with Crippen molar-refractivity contribution in [2.75, 3.05) is 14.2 Å². The van der Waals surface area contributed by atoms with Crippen LogP contribution in [0.3, 0.4) is 0 Å². The molecule has 0 aromatic carbocycles. The van der Waals surface area contributed by atoms with Gasteiger partial charge in [0.1, 0.15) is 0 Å². The molecule has 0 saturated heterocycles. The van der Waals surface area contributed by atoms with Gasteiger partial charge in [-0.15, -0.1) is 0 Å². The lowest BCUT2D eigenvalue weighted by molar-refractivity contribution is -0.142. The fourth-order valence-corrected chi connectivity index (χ4v) is 10.4. The van der Waals surface area contributed by atoms with Crippen LogP contribution in [0.5, 0.6) is 0 Å². The molecule has 144 valence electrons. The first-order valence-corrected chi connectivity index (χ1v) is 15.0. The number of carbonyl (C=O) groups is 3. The van der Waals surface area contributed by atoms with E-state index in [0.717, 1.165) is 7.04 Å². The largest absolute Gasteiger partial charge is 0.469 e. The zero-order chi connectivity index (χ0) is 20.1. The average molecular weight is 501 g/mol. The number of methoxy groups -OCH3 is 2. The lowest BCUT2D eigenvalue weighted by Gasteiger charge is -1.95. The second-order valence-corrected chi connectivity index (χ2v) is 13.7. The number of hydrogen-bond donors (Lipinski definition) is 2. The monoisotopic (exact) mass is 500 g/mol. The minimum atomic E-state index is -0.486. The Balaban J connectivity index is -0.000000293. The van der Waals surface area contributed by atoms with Gasteiger partial charge in [0, 0.05) is 26.9 Å². The molecule has 0 aliphatic carbocycles. The molecule has 0 unspecified atom stereocenters. The lowest BCUT2D eigenvalue weighted by Crippen LogP contribution is -2.13. The standard InChI is InChI=1S/C5H9NO3.C5H9NO2S.P2S5/c1-9-5(8)3-2-4(6)7;1-8-5(7)3-2-4(6)9;3-1-2-5-7-6-4/h2-3H2,1H3,(H2,6,7);2-3H2,1H3,(H2,6,9);. The number of ether oxygens (including phenoxy) is 2. The molecule has 25 heavy (non-hydrogen) atoms. The fraction of sp³-hybridized carbons (Fsp3) is 0.600. The van der Waals surface area contributed by atoms with Crippen molar-refractivity contribution in [1.82, 2.24) is 0 Å². The van der Waals surface area contributed by atoms with Crippen LogP contribution in [0.1, 0.15) is 25.7 Å². The summed E-state index contributed by atoms with van der Waals surface area (Å²) in [4.78, 5) is 31.0. The van der Waals surface area contributed by atoms with Crippen LogP contribution in [0.25, 0.3) is 0 Å². The summed E-state index contributed by atoms with van der Waals surface area (Å²) in [5, 5.41) is 0. The molecule has 0 spiro atoms. The van der Waals surface area contributed by atoms with Gasteiger partial charge in [0.05, 0.1) is 32.0 Å². The topological polar surface area (TPSA) is 122 Å². The van der Waals surface area contributed by atoms with Crippen LogP contribution in [0.15, 0.2) is 0 Å². The molecule has 0 aromatic rings. The zero-order valence-corrected chi connectivity index (χ0v) is 20.1. The molecule has 0 saturated carbocycles. The first kappa shape index (κ1) is 29.8. The van der Waals surface area contributed by atoms with Gasteiger partial charge >= 0.3 is 11.9 Å². The Labute approximate surface area is 173 Å². The molecule has 0 bridgehead atoms. The van der Waals surface area contributed by atoms with E-state index in [1.165, 1.54) is 30.1 Å². The van der Waals surface area contributed by atoms with Crippen molar-refractivity contribution < 1.29 is 23.9 Å². The molecule has 7 nitrogen and oxygen atoms in total. The smallest absolute Gasteiger partial charge is 0.306 e. The minimum Gasteiger partial charge on any atom is -0.469 e. The maximum absolute atomic E-state index is 10.4. The number of amides is 1.